The lowest BCUT2D eigenvalue weighted by atomic mass is 9.90. The molecule has 1 amide bonds. The molecule has 4 N–H and O–H groups in total. The summed E-state index contributed by atoms with van der Waals surface area (Å²) in [4.78, 5) is 23.4. The molecule has 0 bridgehead atoms. The minimum Gasteiger partial charge on any atom is -0.492 e. The van der Waals surface area contributed by atoms with Crippen molar-refractivity contribution in [3.05, 3.63) is 60.6 Å². The van der Waals surface area contributed by atoms with Crippen molar-refractivity contribution in [2.45, 2.75) is 18.4 Å². The van der Waals surface area contributed by atoms with Crippen LogP contribution in [-0.2, 0) is 0 Å². The van der Waals surface area contributed by atoms with Gasteiger partial charge in [-0.3, -0.25) is 14.8 Å². The first kappa shape index (κ1) is 21.0. The van der Waals surface area contributed by atoms with Crippen LogP contribution in [0.3, 0.4) is 0 Å². The van der Waals surface area contributed by atoms with Crippen LogP contribution in [0.4, 0.5) is 5.69 Å². The second-order valence-electron chi connectivity index (χ2n) is 7.78. The number of amides is 1. The first-order valence-corrected chi connectivity index (χ1v) is 10.5. The van der Waals surface area contributed by atoms with Gasteiger partial charge in [0.05, 0.1) is 11.1 Å². The lowest BCUT2D eigenvalue weighted by Gasteiger charge is -2.39. The fourth-order valence-corrected chi connectivity index (χ4v) is 3.84. The van der Waals surface area contributed by atoms with E-state index < -0.39 is 5.60 Å². The van der Waals surface area contributed by atoms with Gasteiger partial charge in [-0.05, 0) is 43.2 Å². The highest BCUT2D eigenvalue weighted by atomic mass is 16.5. The molecule has 8 heteroatoms. The normalized spacial score (nSPS) is 15.6. The molecule has 1 saturated heterocycles. The lowest BCUT2D eigenvalue weighted by molar-refractivity contribution is 0.0166. The van der Waals surface area contributed by atoms with E-state index in [1.807, 2.05) is 18.3 Å². The van der Waals surface area contributed by atoms with Crippen LogP contribution in [0, 0.1) is 0 Å². The van der Waals surface area contributed by atoms with E-state index >= 15 is 0 Å². The highest BCUT2D eigenvalue weighted by Gasteiger charge is 2.33. The maximum absolute atomic E-state index is 12.6. The van der Waals surface area contributed by atoms with Crippen molar-refractivity contribution >= 4 is 22.5 Å². The van der Waals surface area contributed by atoms with Crippen LogP contribution < -0.4 is 20.7 Å². The van der Waals surface area contributed by atoms with Crippen LogP contribution in [0.1, 0.15) is 23.2 Å². The molecule has 0 saturated carbocycles. The molecule has 3 aromatic rings. The van der Waals surface area contributed by atoms with Gasteiger partial charge in [0.25, 0.3) is 5.91 Å². The van der Waals surface area contributed by atoms with Gasteiger partial charge in [-0.15, -0.1) is 0 Å². The Morgan fingerprint density at radius 3 is 2.87 bits per heavy atom. The Hall–Kier alpha value is -3.23. The summed E-state index contributed by atoms with van der Waals surface area (Å²) in [5.74, 6) is 0.365. The molecule has 0 spiro atoms. The molecule has 1 aliphatic heterocycles. The molecular weight excluding hydrogens is 394 g/mol. The number of piperidine rings is 1. The number of hydrogen-bond acceptors (Lipinski definition) is 7. The summed E-state index contributed by atoms with van der Waals surface area (Å²) in [6.07, 6.45) is 6.46. The smallest absolute Gasteiger partial charge is 0.251 e. The molecule has 3 heterocycles. The Kier molecular flexibility index (Phi) is 6.29. The third-order valence-electron chi connectivity index (χ3n) is 5.62. The molecule has 0 atom stereocenters. The van der Waals surface area contributed by atoms with E-state index in [4.69, 9.17) is 10.5 Å². The second-order valence-corrected chi connectivity index (χ2v) is 7.78. The zero-order valence-electron chi connectivity index (χ0n) is 17.3. The van der Waals surface area contributed by atoms with Gasteiger partial charge in [0.2, 0.25) is 0 Å². The molecule has 4 rings (SSSR count). The fourth-order valence-electron chi connectivity index (χ4n) is 3.84. The summed E-state index contributed by atoms with van der Waals surface area (Å²) in [5, 5.41) is 14.9. The maximum atomic E-state index is 12.6. The number of nitrogens with one attached hydrogen (secondary N) is 1. The molecule has 2 aromatic heterocycles. The van der Waals surface area contributed by atoms with Crippen LogP contribution in [-0.4, -0.2) is 59.4 Å². The number of aromatic nitrogens is 2. The molecule has 31 heavy (non-hydrogen) atoms. The van der Waals surface area contributed by atoms with E-state index in [1.54, 1.807) is 36.7 Å². The lowest BCUT2D eigenvalue weighted by Crippen LogP contribution is -2.51. The molecule has 162 valence electrons. The highest BCUT2D eigenvalue weighted by molar-refractivity contribution is 5.94. The molecule has 1 aliphatic rings. The van der Waals surface area contributed by atoms with Crippen molar-refractivity contribution in [2.24, 2.45) is 5.73 Å². The summed E-state index contributed by atoms with van der Waals surface area (Å²) in [6, 6.07) is 10.8. The van der Waals surface area contributed by atoms with Gasteiger partial charge in [0, 0.05) is 61.4 Å². The number of benzene rings is 1. The molecular formula is C23H27N5O3. The first-order valence-electron chi connectivity index (χ1n) is 10.5. The van der Waals surface area contributed by atoms with Gasteiger partial charge in [0.1, 0.15) is 12.4 Å². The molecule has 0 unspecified atom stereocenters. The van der Waals surface area contributed by atoms with Gasteiger partial charge < -0.3 is 25.8 Å². The Morgan fingerprint density at radius 1 is 1.23 bits per heavy atom. The van der Waals surface area contributed by atoms with E-state index in [-0.39, 0.29) is 12.5 Å². The summed E-state index contributed by atoms with van der Waals surface area (Å²) in [6.45, 7) is 2.37. The fraction of sp³-hybridized carbons (Fsp3) is 0.348. The third kappa shape index (κ3) is 4.92. The Labute approximate surface area is 181 Å². The van der Waals surface area contributed by atoms with Crippen LogP contribution >= 0.6 is 0 Å². The van der Waals surface area contributed by atoms with Gasteiger partial charge >= 0.3 is 0 Å². The van der Waals surface area contributed by atoms with Crippen LogP contribution in [0.5, 0.6) is 5.75 Å². The number of fused-ring (bicyclic) bond motifs is 1. The molecule has 8 nitrogen and oxygen atoms in total. The number of pyridine rings is 2. The van der Waals surface area contributed by atoms with E-state index in [2.05, 4.69) is 20.2 Å². The molecule has 0 aliphatic carbocycles. The van der Waals surface area contributed by atoms with Crippen LogP contribution in [0.25, 0.3) is 10.9 Å². The molecule has 0 radical (unpaired) electrons. The predicted molar refractivity (Wildman–Crippen MR) is 119 cm³/mol. The standard InChI is InChI=1S/C23H27N5O3/c24-8-13-31-18-3-1-2-17(14-18)22(29)27-16-23(30)6-11-28(12-7-23)21-5-10-26-20-4-9-25-15-19(20)21/h1-5,9-10,14-15,30H,6-8,11-13,16,24H2,(H,27,29). The zero-order valence-corrected chi connectivity index (χ0v) is 17.3. The van der Waals surface area contributed by atoms with Crippen molar-refractivity contribution < 1.29 is 14.6 Å². The monoisotopic (exact) mass is 421 g/mol. The number of carbonyl (C=O) groups excluding carboxylic acids is 1. The van der Waals surface area contributed by atoms with E-state index in [1.165, 1.54) is 0 Å². The molecule has 1 fully saturated rings. The Balaban J connectivity index is 1.35. The summed E-state index contributed by atoms with van der Waals surface area (Å²) in [5.41, 5.74) is 6.97. The third-order valence-corrected chi connectivity index (χ3v) is 5.62. The quantitative estimate of drug-likeness (QED) is 0.532. The molecule has 1 aromatic carbocycles. The van der Waals surface area contributed by atoms with E-state index in [0.717, 1.165) is 16.6 Å². The van der Waals surface area contributed by atoms with Crippen molar-refractivity contribution in [1.82, 2.24) is 15.3 Å². The Morgan fingerprint density at radius 2 is 2.06 bits per heavy atom. The number of carbonyl (C=O) groups is 1. The summed E-state index contributed by atoms with van der Waals surface area (Å²) in [7, 11) is 0. The largest absolute Gasteiger partial charge is 0.492 e. The number of anilines is 1. The highest BCUT2D eigenvalue weighted by Crippen LogP contribution is 2.30. The number of ether oxygens (including phenoxy) is 1. The van der Waals surface area contributed by atoms with Crippen LogP contribution in [0.15, 0.2) is 55.0 Å². The number of rotatable bonds is 7. The van der Waals surface area contributed by atoms with Gasteiger partial charge in [-0.1, -0.05) is 6.07 Å². The van der Waals surface area contributed by atoms with Crippen molar-refractivity contribution in [3.8, 4) is 5.75 Å². The average Bonchev–Trinajstić information content (AvgIpc) is 2.82. The first-order chi connectivity index (χ1) is 15.1. The van der Waals surface area contributed by atoms with Crippen molar-refractivity contribution in [2.75, 3.05) is 37.7 Å². The summed E-state index contributed by atoms with van der Waals surface area (Å²) >= 11 is 0. The number of nitrogens with zero attached hydrogens (tertiary/aromatic N) is 3. The number of nitrogens with two attached hydrogens (primary N) is 1. The minimum absolute atomic E-state index is 0.201. The SMILES string of the molecule is NCCOc1cccc(C(=O)NCC2(O)CCN(c3ccnc4ccncc34)CC2)c1. The number of hydrogen-bond donors (Lipinski definition) is 3. The van der Waals surface area contributed by atoms with E-state index in [0.29, 0.717) is 50.4 Å². The Bertz CT molecular complexity index is 1040. The number of aliphatic hydroxyl groups is 1. The minimum atomic E-state index is -0.944. The second kappa shape index (κ2) is 9.28. The van der Waals surface area contributed by atoms with Crippen molar-refractivity contribution in [3.63, 3.8) is 0 Å². The average molecular weight is 422 g/mol. The predicted octanol–water partition coefficient (Wildman–Crippen LogP) is 1.73. The van der Waals surface area contributed by atoms with Crippen molar-refractivity contribution in [1.29, 1.82) is 0 Å². The maximum Gasteiger partial charge on any atom is 0.251 e. The van der Waals surface area contributed by atoms with Gasteiger partial charge in [0.15, 0.2) is 0 Å². The van der Waals surface area contributed by atoms with Crippen LogP contribution in [0.2, 0.25) is 0 Å². The summed E-state index contributed by atoms with van der Waals surface area (Å²) < 4.78 is 5.48. The van der Waals surface area contributed by atoms with E-state index in [9.17, 15) is 9.90 Å². The topological polar surface area (TPSA) is 114 Å². The zero-order chi connectivity index (χ0) is 21.7. The van der Waals surface area contributed by atoms with Gasteiger partial charge in [-0.2, -0.15) is 0 Å². The van der Waals surface area contributed by atoms with Gasteiger partial charge in [-0.25, -0.2) is 0 Å².